The first-order valence-corrected chi connectivity index (χ1v) is 37.7. The van der Waals surface area contributed by atoms with Gasteiger partial charge in [0.2, 0.25) is 0 Å². The predicted octanol–water partition coefficient (Wildman–Crippen LogP) is 26.3. The van der Waals surface area contributed by atoms with E-state index in [9.17, 15) is 0 Å². The van der Waals surface area contributed by atoms with Crippen LogP contribution in [0.4, 0.5) is 0 Å². The molecule has 0 unspecified atom stereocenters. The molecule has 82 heavy (non-hydrogen) atoms. The first-order valence-electron chi connectivity index (χ1n) is 34.5. The van der Waals surface area contributed by atoms with Crippen LogP contribution in [0.2, 0.25) is 0 Å². The lowest BCUT2D eigenvalue weighted by molar-refractivity contribution is 0.557. The second-order valence-corrected chi connectivity index (χ2v) is 29.1. The summed E-state index contributed by atoms with van der Waals surface area (Å²) in [6.07, 6.45) is 59.1. The quantitative estimate of drug-likeness (QED) is 0.0282. The van der Waals surface area contributed by atoms with Crippen LogP contribution in [0.5, 0.6) is 0 Å². The van der Waals surface area contributed by atoms with E-state index in [-0.39, 0.29) is 0 Å². The molecule has 0 saturated carbocycles. The maximum Gasteiger partial charge on any atom is 0.108 e. The van der Waals surface area contributed by atoms with Crippen LogP contribution >= 0.6 is 45.3 Å². The van der Waals surface area contributed by atoms with Gasteiger partial charge in [0.25, 0.3) is 0 Å². The fraction of sp³-hybridized carbons (Fsp3) is 0.649. The van der Waals surface area contributed by atoms with Gasteiger partial charge in [-0.15, -0.1) is 45.3 Å². The molecule has 8 heteroatoms. The number of fused-ring (bicyclic) bond motifs is 2. The summed E-state index contributed by atoms with van der Waals surface area (Å²) in [5.41, 5.74) is 7.61. The number of nitrogens with zero attached hydrogens (tertiary/aromatic N) is 4. The molecule has 6 aromatic heterocycles. The van der Waals surface area contributed by atoms with Crippen LogP contribution in [0.3, 0.4) is 0 Å². The van der Waals surface area contributed by atoms with E-state index in [1.807, 2.05) is 45.3 Å². The van der Waals surface area contributed by atoms with Crippen molar-refractivity contribution in [1.82, 2.24) is 19.9 Å². The van der Waals surface area contributed by atoms with E-state index in [1.54, 1.807) is 0 Å². The van der Waals surface area contributed by atoms with Gasteiger partial charge in [0.05, 0.1) is 41.6 Å². The van der Waals surface area contributed by atoms with E-state index in [2.05, 4.69) is 88.4 Å². The number of hydrogen-bond donors (Lipinski definition) is 0. The highest BCUT2D eigenvalue weighted by atomic mass is 32.1. The van der Waals surface area contributed by atoms with Gasteiger partial charge in [0.1, 0.15) is 22.8 Å². The summed E-state index contributed by atoms with van der Waals surface area (Å²) in [4.78, 5) is 33.1. The van der Waals surface area contributed by atoms with Crippen LogP contribution in [-0.4, -0.2) is 19.9 Å². The van der Waals surface area contributed by atoms with Crippen molar-refractivity contribution in [1.29, 1.82) is 0 Å². The molecular formula is C74H110N4S4. The normalized spacial score (nSPS) is 11.9. The maximum absolute atomic E-state index is 5.60. The van der Waals surface area contributed by atoms with Crippen LogP contribution in [-0.2, 0) is 25.7 Å². The highest BCUT2D eigenvalue weighted by molar-refractivity contribution is 7.17. The monoisotopic (exact) mass is 1180 g/mol. The summed E-state index contributed by atoms with van der Waals surface area (Å²) in [5.74, 6) is 0. The minimum atomic E-state index is 0.897. The summed E-state index contributed by atoms with van der Waals surface area (Å²) in [5, 5.41) is 0. The zero-order valence-electron chi connectivity index (χ0n) is 52.3. The van der Waals surface area contributed by atoms with E-state index in [4.69, 9.17) is 19.9 Å². The third-order valence-corrected chi connectivity index (χ3v) is 21.7. The molecule has 0 aliphatic carbocycles. The average molecular weight is 1180 g/mol. The Morgan fingerprint density at radius 3 is 0.573 bits per heavy atom. The van der Waals surface area contributed by atoms with Gasteiger partial charge >= 0.3 is 0 Å². The molecule has 0 amide bonds. The number of benzene rings is 1. The molecule has 7 rings (SSSR count). The van der Waals surface area contributed by atoms with Crippen molar-refractivity contribution in [3.05, 3.63) is 80.2 Å². The highest BCUT2D eigenvalue weighted by Crippen LogP contribution is 2.42. The Bertz CT molecular complexity index is 2400. The van der Waals surface area contributed by atoms with Gasteiger partial charge < -0.3 is 0 Å². The Morgan fingerprint density at radius 1 is 0.220 bits per heavy atom. The SMILES string of the molecule is CCCCCCCCCCCCc1ccc(-c2nc3cc4nc(-c5ccc(CCCCCCCCCCCC)s5)c(-c5ccc(CCCCCCCCCCCC)s5)nc4cc3nc2-c2ccc(CCCCCCCCCCCC)s2)s1. The van der Waals surface area contributed by atoms with E-state index in [1.165, 1.54) is 296 Å². The Labute approximate surface area is 516 Å². The lowest BCUT2D eigenvalue weighted by Gasteiger charge is -2.11. The van der Waals surface area contributed by atoms with Crippen LogP contribution in [0, 0.1) is 0 Å². The second-order valence-electron chi connectivity index (χ2n) is 24.5. The smallest absolute Gasteiger partial charge is 0.108 e. The van der Waals surface area contributed by atoms with Crippen LogP contribution in [0.25, 0.3) is 64.4 Å². The summed E-state index contributed by atoms with van der Waals surface area (Å²) >= 11 is 7.71. The predicted molar refractivity (Wildman–Crippen MR) is 368 cm³/mol. The number of thiophene rings is 4. The molecule has 0 N–H and O–H groups in total. The second kappa shape index (κ2) is 40.1. The Balaban J connectivity index is 1.11. The molecule has 0 saturated heterocycles. The molecule has 0 fully saturated rings. The lowest BCUT2D eigenvalue weighted by atomic mass is 10.1. The van der Waals surface area contributed by atoms with Crippen molar-refractivity contribution in [3.8, 4) is 42.3 Å². The largest absolute Gasteiger partial charge is 0.243 e. The molecule has 0 spiro atoms. The number of aryl methyl sites for hydroxylation is 4. The average Bonchev–Trinajstić information content (AvgIpc) is 4.40. The number of aromatic nitrogens is 4. The first-order chi connectivity index (χ1) is 40.6. The topological polar surface area (TPSA) is 51.6 Å². The molecule has 4 nitrogen and oxygen atoms in total. The summed E-state index contributed by atoms with van der Waals surface area (Å²) < 4.78 is 0. The third-order valence-electron chi connectivity index (χ3n) is 17.1. The van der Waals surface area contributed by atoms with Crippen molar-refractivity contribution in [2.75, 3.05) is 0 Å². The fourth-order valence-corrected chi connectivity index (χ4v) is 16.2. The van der Waals surface area contributed by atoms with E-state index in [0.29, 0.717) is 0 Å². The summed E-state index contributed by atoms with van der Waals surface area (Å²) in [7, 11) is 0. The highest BCUT2D eigenvalue weighted by Gasteiger charge is 2.21. The zero-order valence-corrected chi connectivity index (χ0v) is 55.6. The van der Waals surface area contributed by atoms with Crippen molar-refractivity contribution in [2.24, 2.45) is 0 Å². The molecule has 0 atom stereocenters. The Morgan fingerprint density at radius 2 is 0.390 bits per heavy atom. The van der Waals surface area contributed by atoms with Crippen molar-refractivity contribution < 1.29 is 0 Å². The summed E-state index contributed by atoms with van der Waals surface area (Å²) in [6, 6.07) is 23.2. The molecule has 6 heterocycles. The van der Waals surface area contributed by atoms with E-state index in [0.717, 1.165) is 70.5 Å². The van der Waals surface area contributed by atoms with Gasteiger partial charge in [-0.05, 0) is 112 Å². The fourth-order valence-electron chi connectivity index (χ4n) is 12.0. The van der Waals surface area contributed by atoms with Crippen molar-refractivity contribution in [3.63, 3.8) is 0 Å². The molecule has 7 aromatic rings. The zero-order chi connectivity index (χ0) is 57.1. The van der Waals surface area contributed by atoms with E-state index >= 15 is 0 Å². The molecular weight excluding hydrogens is 1070 g/mol. The van der Waals surface area contributed by atoms with Crippen LogP contribution in [0.15, 0.2) is 60.7 Å². The Hall–Kier alpha value is -3.30. The first kappa shape index (κ1) is 66.2. The van der Waals surface area contributed by atoms with Gasteiger partial charge in [0.15, 0.2) is 0 Å². The van der Waals surface area contributed by atoms with Crippen molar-refractivity contribution >= 4 is 67.4 Å². The minimum Gasteiger partial charge on any atom is -0.243 e. The molecule has 0 radical (unpaired) electrons. The van der Waals surface area contributed by atoms with Gasteiger partial charge in [-0.25, -0.2) is 19.9 Å². The lowest BCUT2D eigenvalue weighted by Crippen LogP contribution is -1.97. The van der Waals surface area contributed by atoms with Gasteiger partial charge in [0, 0.05) is 19.5 Å². The van der Waals surface area contributed by atoms with Gasteiger partial charge in [-0.3, -0.25) is 0 Å². The van der Waals surface area contributed by atoms with Gasteiger partial charge in [-0.2, -0.15) is 0 Å². The molecule has 1 aromatic carbocycles. The minimum absolute atomic E-state index is 0.897. The molecule has 450 valence electrons. The Kier molecular flexibility index (Phi) is 32.4. The summed E-state index contributed by atoms with van der Waals surface area (Å²) in [6.45, 7) is 9.23. The van der Waals surface area contributed by atoms with Crippen LogP contribution < -0.4 is 0 Å². The number of hydrogen-bond acceptors (Lipinski definition) is 8. The standard InChI is InChI=1S/C74H110N4S4/c1-5-9-13-17-21-25-29-33-37-41-45-59-49-53-67(79-59)71-72(68-54-50-60(80-68)46-42-38-34-30-26-22-18-14-10-6-2)76-64-58-66-65(57-63(64)75-71)77-73(69-55-51-61(81-69)47-43-39-35-31-27-23-19-15-11-7-3)74(78-66)70-56-52-62(82-70)48-44-40-36-32-28-24-20-16-12-8-4/h49-58H,5-48H2,1-4H3. The van der Waals surface area contributed by atoms with E-state index < -0.39 is 0 Å². The van der Waals surface area contributed by atoms with Crippen LogP contribution in [0.1, 0.15) is 304 Å². The van der Waals surface area contributed by atoms with Gasteiger partial charge in [-0.1, -0.05) is 259 Å². The number of unbranched alkanes of at least 4 members (excludes halogenated alkanes) is 36. The number of rotatable bonds is 48. The molecule has 0 aliphatic heterocycles. The molecule has 0 bridgehead atoms. The molecule has 0 aliphatic rings. The van der Waals surface area contributed by atoms with Crippen molar-refractivity contribution in [2.45, 2.75) is 310 Å². The maximum atomic E-state index is 5.60. The third kappa shape index (κ3) is 23.5.